The Morgan fingerprint density at radius 2 is 1.38 bits per heavy atom. The molecule has 2 rings (SSSR count). The third-order valence-corrected chi connectivity index (χ3v) is 3.03. The molecule has 0 bridgehead atoms. The molecular weight excluding hydrogens is 298 g/mol. The van der Waals surface area contributed by atoms with Gasteiger partial charge in [0.05, 0.1) is 0 Å². The van der Waals surface area contributed by atoms with Gasteiger partial charge in [0, 0.05) is 0 Å². The minimum atomic E-state index is 0. The van der Waals surface area contributed by atoms with Crippen LogP contribution in [-0.4, -0.2) is 0 Å². The van der Waals surface area contributed by atoms with Crippen LogP contribution in [0.15, 0.2) is 54.6 Å². The van der Waals surface area contributed by atoms with Crippen LogP contribution in [0.25, 0.3) is 0 Å². The van der Waals surface area contributed by atoms with Gasteiger partial charge in [-0.25, -0.2) is 0 Å². The van der Waals surface area contributed by atoms with E-state index in [1.54, 1.807) is 0 Å². The van der Waals surface area contributed by atoms with Gasteiger partial charge in [-0.2, -0.15) is 0 Å². The molecule has 84 valence electrons. The molecular formula is C12H11Cl3Ti. The van der Waals surface area contributed by atoms with Crippen LogP contribution in [0.1, 0.15) is 5.56 Å². The Morgan fingerprint density at radius 1 is 0.875 bits per heavy atom. The number of hydrogen-bond donors (Lipinski definition) is 0. The van der Waals surface area contributed by atoms with Crippen molar-refractivity contribution in [1.82, 2.24) is 0 Å². The zero-order valence-electron chi connectivity index (χ0n) is 8.54. The molecule has 0 saturated carbocycles. The zero-order chi connectivity index (χ0) is 9.15. The third kappa shape index (κ3) is 5.08. The average molecular weight is 309 g/mol. The van der Waals surface area contributed by atoms with Crippen molar-refractivity contribution in [3.63, 3.8) is 0 Å². The van der Waals surface area contributed by atoms with Gasteiger partial charge in [-0.3, -0.25) is 0 Å². The van der Waals surface area contributed by atoms with E-state index in [1.165, 1.54) is 5.56 Å². The standard InChI is InChI=1S/C12H11.3ClH.Ti/c1-2-6-11(7-3-1)10-12-8-4-5-9-12;;;;/h1-9H,10H2;3*1H;/q;;;;+3/p-3. The number of hydrogen-bond acceptors (Lipinski definition) is 0. The topological polar surface area (TPSA) is 0 Å². The van der Waals surface area contributed by atoms with E-state index in [0.717, 1.165) is 6.42 Å². The number of benzene rings is 1. The Bertz CT molecular complexity index is 335. The molecule has 0 radical (unpaired) electrons. The van der Waals surface area contributed by atoms with Crippen molar-refractivity contribution in [2.75, 3.05) is 0 Å². The van der Waals surface area contributed by atoms with Crippen LogP contribution in [0.5, 0.6) is 0 Å². The van der Waals surface area contributed by atoms with E-state index >= 15 is 0 Å². The first kappa shape index (κ1) is 18.6. The van der Waals surface area contributed by atoms with Gasteiger partial charge in [0.2, 0.25) is 0 Å². The summed E-state index contributed by atoms with van der Waals surface area (Å²) in [4.78, 5) is 0. The van der Waals surface area contributed by atoms with Crippen LogP contribution < -0.4 is 37.2 Å². The molecule has 0 nitrogen and oxygen atoms in total. The summed E-state index contributed by atoms with van der Waals surface area (Å²) in [7, 11) is 0. The monoisotopic (exact) mass is 308 g/mol. The van der Waals surface area contributed by atoms with E-state index in [2.05, 4.69) is 75.1 Å². The Hall–Kier alpha value is 0.284. The van der Waals surface area contributed by atoms with Gasteiger partial charge in [0.1, 0.15) is 0 Å². The summed E-state index contributed by atoms with van der Waals surface area (Å²) in [5.41, 5.74) is 1.40. The molecule has 0 atom stereocenters. The number of allylic oxidation sites excluding steroid dienone is 4. The molecule has 0 aliphatic heterocycles. The average Bonchev–Trinajstić information content (AvgIpc) is 2.54. The maximum atomic E-state index is 2.26. The Labute approximate surface area is 127 Å². The van der Waals surface area contributed by atoms with Gasteiger partial charge in [-0.1, -0.05) is 0 Å². The summed E-state index contributed by atoms with van der Waals surface area (Å²) in [5, 5.41) is 0. The SMILES string of the molecule is [Cl-].[Cl-].[Cl-].[Ti+3][C]1(Cc2ccccc2)C=CC=C1. The summed E-state index contributed by atoms with van der Waals surface area (Å²) < 4.78 is 0.237. The van der Waals surface area contributed by atoms with Crippen molar-refractivity contribution < 1.29 is 57.7 Å². The van der Waals surface area contributed by atoms with Gasteiger partial charge in [-0.05, 0) is 0 Å². The van der Waals surface area contributed by atoms with Crippen LogP contribution in [0.2, 0.25) is 3.72 Å². The quantitative estimate of drug-likeness (QED) is 0.478. The fourth-order valence-electron chi connectivity index (χ4n) is 1.56. The maximum absolute atomic E-state index is 2.26. The Morgan fingerprint density at radius 3 is 1.88 bits per heavy atom. The molecule has 1 aromatic carbocycles. The molecule has 0 heterocycles. The van der Waals surface area contributed by atoms with Crippen LogP contribution in [0.3, 0.4) is 0 Å². The zero-order valence-corrected chi connectivity index (χ0v) is 12.4. The van der Waals surface area contributed by atoms with E-state index in [-0.39, 0.29) is 40.9 Å². The van der Waals surface area contributed by atoms with E-state index in [0.29, 0.717) is 0 Å². The first-order valence-electron chi connectivity index (χ1n) is 4.45. The van der Waals surface area contributed by atoms with Crippen LogP contribution in [0, 0.1) is 0 Å². The molecule has 1 aromatic rings. The molecule has 0 fully saturated rings. The molecule has 0 unspecified atom stereocenters. The van der Waals surface area contributed by atoms with Crippen LogP contribution >= 0.6 is 0 Å². The second-order valence-electron chi connectivity index (χ2n) is 3.42. The van der Waals surface area contributed by atoms with Crippen molar-refractivity contribution in [2.45, 2.75) is 10.1 Å². The van der Waals surface area contributed by atoms with Crippen molar-refractivity contribution in [2.24, 2.45) is 0 Å². The normalized spacial score (nSPS) is 14.6. The van der Waals surface area contributed by atoms with Crippen molar-refractivity contribution >= 4 is 0 Å². The van der Waals surface area contributed by atoms with Gasteiger partial charge >= 0.3 is 90.8 Å². The minimum absolute atomic E-state index is 0. The first-order chi connectivity index (χ1) is 6.29. The molecule has 16 heavy (non-hydrogen) atoms. The van der Waals surface area contributed by atoms with Crippen molar-refractivity contribution in [1.29, 1.82) is 0 Å². The van der Waals surface area contributed by atoms with Crippen LogP contribution in [0.4, 0.5) is 0 Å². The molecule has 1 aliphatic rings. The third-order valence-electron chi connectivity index (χ3n) is 2.24. The number of halogens is 3. The second-order valence-corrected chi connectivity index (χ2v) is 4.87. The van der Waals surface area contributed by atoms with E-state index < -0.39 is 0 Å². The fourth-order valence-corrected chi connectivity index (χ4v) is 2.18. The van der Waals surface area contributed by atoms with Crippen molar-refractivity contribution in [3.8, 4) is 0 Å². The predicted molar refractivity (Wildman–Crippen MR) is 51.1 cm³/mol. The summed E-state index contributed by atoms with van der Waals surface area (Å²) in [6.45, 7) is 0. The summed E-state index contributed by atoms with van der Waals surface area (Å²) >= 11 is 2.26. The number of rotatable bonds is 2. The van der Waals surface area contributed by atoms with E-state index in [4.69, 9.17) is 0 Å². The molecule has 4 heteroatoms. The van der Waals surface area contributed by atoms with Gasteiger partial charge in [0.15, 0.2) is 0 Å². The summed E-state index contributed by atoms with van der Waals surface area (Å²) in [6.07, 6.45) is 9.88. The van der Waals surface area contributed by atoms with Crippen molar-refractivity contribution in [3.05, 3.63) is 60.2 Å². The van der Waals surface area contributed by atoms with E-state index in [9.17, 15) is 0 Å². The van der Waals surface area contributed by atoms with Gasteiger partial charge < -0.3 is 37.2 Å². The molecule has 1 aliphatic carbocycles. The van der Waals surface area contributed by atoms with Gasteiger partial charge in [0.25, 0.3) is 0 Å². The molecule has 0 spiro atoms. The molecule has 0 aromatic heterocycles. The Kier molecular flexibility index (Phi) is 9.77. The molecule has 0 amide bonds. The predicted octanol–water partition coefficient (Wildman–Crippen LogP) is -5.93. The summed E-state index contributed by atoms with van der Waals surface area (Å²) in [6, 6.07) is 10.6. The molecule has 0 N–H and O–H groups in total. The van der Waals surface area contributed by atoms with E-state index in [1.807, 2.05) is 0 Å². The Balaban J connectivity index is 0. The molecule has 0 saturated heterocycles. The second kappa shape index (κ2) is 8.39. The fraction of sp³-hybridized carbons (Fsp3) is 0.167. The summed E-state index contributed by atoms with van der Waals surface area (Å²) in [5.74, 6) is 0. The van der Waals surface area contributed by atoms with Crippen LogP contribution in [-0.2, 0) is 26.9 Å². The first-order valence-corrected chi connectivity index (χ1v) is 5.23. The van der Waals surface area contributed by atoms with Gasteiger partial charge in [-0.15, -0.1) is 0 Å².